The summed E-state index contributed by atoms with van der Waals surface area (Å²) in [5.41, 5.74) is 2.48. The lowest BCUT2D eigenvalue weighted by atomic mass is 10.1. The summed E-state index contributed by atoms with van der Waals surface area (Å²) in [4.78, 5) is 4.34. The largest absolute Gasteiger partial charge is 0.334 e. The van der Waals surface area contributed by atoms with E-state index in [-0.39, 0.29) is 0 Å². The molecule has 90 valence electrons. The van der Waals surface area contributed by atoms with Crippen LogP contribution < -0.4 is 5.32 Å². The lowest BCUT2D eigenvalue weighted by molar-refractivity contribution is 0.675. The van der Waals surface area contributed by atoms with Crippen molar-refractivity contribution in [2.75, 3.05) is 6.54 Å². The van der Waals surface area contributed by atoms with Crippen LogP contribution >= 0.6 is 0 Å². The molecule has 3 nitrogen and oxygen atoms in total. The van der Waals surface area contributed by atoms with Crippen LogP contribution in [0, 0.1) is 0 Å². The highest BCUT2D eigenvalue weighted by atomic mass is 15.0. The van der Waals surface area contributed by atoms with E-state index in [1.54, 1.807) is 0 Å². The van der Waals surface area contributed by atoms with Crippen LogP contribution in [0.2, 0.25) is 0 Å². The molecule has 2 rings (SSSR count). The molecule has 0 radical (unpaired) electrons. The third kappa shape index (κ3) is 2.94. The van der Waals surface area contributed by atoms with Gasteiger partial charge in [-0.25, -0.2) is 4.98 Å². The van der Waals surface area contributed by atoms with Crippen LogP contribution in [-0.4, -0.2) is 16.1 Å². The molecule has 17 heavy (non-hydrogen) atoms. The highest BCUT2D eigenvalue weighted by molar-refractivity contribution is 5.55. The lowest BCUT2D eigenvalue weighted by Gasteiger charge is -2.05. The Morgan fingerprint density at radius 3 is 2.59 bits per heavy atom. The zero-order valence-electron chi connectivity index (χ0n) is 10.5. The molecule has 0 atom stereocenters. The number of aryl methyl sites for hydroxylation is 1. The minimum Gasteiger partial charge on any atom is -0.334 e. The summed E-state index contributed by atoms with van der Waals surface area (Å²) >= 11 is 0. The summed E-state index contributed by atoms with van der Waals surface area (Å²) in [6.45, 7) is 4.19. The molecule has 0 spiro atoms. The fourth-order valence-corrected chi connectivity index (χ4v) is 1.82. The fourth-order valence-electron chi connectivity index (χ4n) is 1.82. The molecule has 1 heterocycles. The molecule has 2 aromatic rings. The van der Waals surface area contributed by atoms with Crippen LogP contribution in [-0.2, 0) is 13.6 Å². The Morgan fingerprint density at radius 2 is 2.00 bits per heavy atom. The van der Waals surface area contributed by atoms with Gasteiger partial charge >= 0.3 is 0 Å². The van der Waals surface area contributed by atoms with Crippen molar-refractivity contribution in [1.29, 1.82) is 0 Å². The predicted molar refractivity (Wildman–Crippen MR) is 70.6 cm³/mol. The minimum atomic E-state index is 0.939. The van der Waals surface area contributed by atoms with Crippen LogP contribution in [0.5, 0.6) is 0 Å². The number of rotatable bonds is 5. The zero-order chi connectivity index (χ0) is 12.1. The second-order valence-corrected chi connectivity index (χ2v) is 4.24. The smallest absolute Gasteiger partial charge is 0.139 e. The standard InChI is InChI=1S/C14H19N3/c1-3-8-15-11-12-4-6-13(7-5-12)14-16-9-10-17(14)2/h4-7,9-10,15H,3,8,11H2,1-2H3. The van der Waals surface area contributed by atoms with Gasteiger partial charge in [-0.2, -0.15) is 0 Å². The van der Waals surface area contributed by atoms with Crippen molar-refractivity contribution < 1.29 is 0 Å². The van der Waals surface area contributed by atoms with Gasteiger partial charge in [-0.3, -0.25) is 0 Å². The van der Waals surface area contributed by atoms with Gasteiger partial charge in [0.05, 0.1) is 0 Å². The maximum absolute atomic E-state index is 4.34. The lowest BCUT2D eigenvalue weighted by Crippen LogP contribution is -2.13. The first-order chi connectivity index (χ1) is 8.31. The van der Waals surface area contributed by atoms with Crippen molar-refractivity contribution in [2.45, 2.75) is 19.9 Å². The molecule has 0 aliphatic heterocycles. The van der Waals surface area contributed by atoms with Gasteiger partial charge in [0.25, 0.3) is 0 Å². The van der Waals surface area contributed by atoms with Crippen molar-refractivity contribution in [1.82, 2.24) is 14.9 Å². The molecule has 0 aliphatic rings. The molecule has 0 unspecified atom stereocenters. The van der Waals surface area contributed by atoms with Crippen molar-refractivity contribution in [3.05, 3.63) is 42.2 Å². The van der Waals surface area contributed by atoms with Gasteiger partial charge in [0.15, 0.2) is 0 Å². The normalized spacial score (nSPS) is 10.7. The Balaban J connectivity index is 2.06. The highest BCUT2D eigenvalue weighted by Gasteiger charge is 2.02. The molecule has 1 N–H and O–H groups in total. The summed E-state index contributed by atoms with van der Waals surface area (Å²) in [7, 11) is 2.01. The van der Waals surface area contributed by atoms with Crippen molar-refractivity contribution >= 4 is 0 Å². The van der Waals surface area contributed by atoms with Crippen molar-refractivity contribution in [3.8, 4) is 11.4 Å². The average molecular weight is 229 g/mol. The summed E-state index contributed by atoms with van der Waals surface area (Å²) in [6, 6.07) is 8.58. The molecular weight excluding hydrogens is 210 g/mol. The Bertz CT molecular complexity index is 457. The summed E-state index contributed by atoms with van der Waals surface area (Å²) in [5, 5.41) is 3.40. The number of nitrogens with one attached hydrogen (secondary N) is 1. The predicted octanol–water partition coefficient (Wildman–Crippen LogP) is 2.59. The van der Waals surface area contributed by atoms with Crippen LogP contribution in [0.25, 0.3) is 11.4 Å². The third-order valence-electron chi connectivity index (χ3n) is 2.79. The summed E-state index contributed by atoms with van der Waals surface area (Å²) in [6.07, 6.45) is 4.96. The van der Waals surface area contributed by atoms with E-state index in [0.29, 0.717) is 0 Å². The van der Waals surface area contributed by atoms with E-state index in [0.717, 1.165) is 24.5 Å². The summed E-state index contributed by atoms with van der Waals surface area (Å²) < 4.78 is 2.03. The molecule has 0 amide bonds. The Labute approximate surface area is 103 Å². The Kier molecular flexibility index (Phi) is 3.94. The molecule has 0 saturated carbocycles. The first kappa shape index (κ1) is 11.9. The van der Waals surface area contributed by atoms with Gasteiger partial charge in [0.1, 0.15) is 5.82 Å². The monoisotopic (exact) mass is 229 g/mol. The molecule has 1 aromatic heterocycles. The quantitative estimate of drug-likeness (QED) is 0.799. The number of benzene rings is 1. The maximum Gasteiger partial charge on any atom is 0.139 e. The maximum atomic E-state index is 4.34. The van der Waals surface area contributed by atoms with E-state index < -0.39 is 0 Å². The summed E-state index contributed by atoms with van der Waals surface area (Å²) in [5.74, 6) is 1.01. The molecular formula is C14H19N3. The van der Waals surface area contributed by atoms with E-state index in [4.69, 9.17) is 0 Å². The number of hydrogen-bond acceptors (Lipinski definition) is 2. The van der Waals surface area contributed by atoms with E-state index in [9.17, 15) is 0 Å². The zero-order valence-corrected chi connectivity index (χ0v) is 10.5. The Morgan fingerprint density at radius 1 is 1.24 bits per heavy atom. The molecule has 3 heteroatoms. The van der Waals surface area contributed by atoms with Gasteiger partial charge < -0.3 is 9.88 Å². The molecule has 1 aromatic carbocycles. The first-order valence-corrected chi connectivity index (χ1v) is 6.08. The molecule has 0 aliphatic carbocycles. The Hall–Kier alpha value is -1.61. The molecule has 0 fully saturated rings. The number of nitrogens with zero attached hydrogens (tertiary/aromatic N) is 2. The van der Waals surface area contributed by atoms with Gasteiger partial charge in [-0.15, -0.1) is 0 Å². The second-order valence-electron chi connectivity index (χ2n) is 4.24. The number of hydrogen-bond donors (Lipinski definition) is 1. The van der Waals surface area contributed by atoms with Crippen molar-refractivity contribution in [2.24, 2.45) is 7.05 Å². The van der Waals surface area contributed by atoms with Gasteiger partial charge in [-0.05, 0) is 18.5 Å². The third-order valence-corrected chi connectivity index (χ3v) is 2.79. The van der Waals surface area contributed by atoms with Gasteiger partial charge in [0, 0.05) is 31.5 Å². The van der Waals surface area contributed by atoms with E-state index in [1.807, 2.05) is 24.0 Å². The van der Waals surface area contributed by atoms with Crippen molar-refractivity contribution in [3.63, 3.8) is 0 Å². The van der Waals surface area contributed by atoms with E-state index >= 15 is 0 Å². The average Bonchev–Trinajstić information content (AvgIpc) is 2.77. The SMILES string of the molecule is CCCNCc1ccc(-c2nccn2C)cc1. The van der Waals surface area contributed by atoms with Crippen LogP contribution in [0.1, 0.15) is 18.9 Å². The highest BCUT2D eigenvalue weighted by Crippen LogP contribution is 2.16. The van der Waals surface area contributed by atoms with Crippen LogP contribution in [0.4, 0.5) is 0 Å². The molecule has 0 bridgehead atoms. The van der Waals surface area contributed by atoms with Gasteiger partial charge in [-0.1, -0.05) is 31.2 Å². The number of imidazole rings is 1. The minimum absolute atomic E-state index is 0.939. The van der Waals surface area contributed by atoms with Crippen LogP contribution in [0.3, 0.4) is 0 Å². The number of aromatic nitrogens is 2. The second kappa shape index (κ2) is 5.64. The van der Waals surface area contributed by atoms with E-state index in [2.05, 4.69) is 41.5 Å². The topological polar surface area (TPSA) is 29.9 Å². The van der Waals surface area contributed by atoms with Crippen LogP contribution in [0.15, 0.2) is 36.7 Å². The first-order valence-electron chi connectivity index (χ1n) is 6.08. The fraction of sp³-hybridized carbons (Fsp3) is 0.357. The van der Waals surface area contributed by atoms with Gasteiger partial charge in [0.2, 0.25) is 0 Å². The van der Waals surface area contributed by atoms with E-state index in [1.165, 1.54) is 12.0 Å². The molecule has 0 saturated heterocycles.